The molecule has 1 N–H and O–H groups in total. The first-order valence-corrected chi connectivity index (χ1v) is 17.2. The van der Waals surface area contributed by atoms with Gasteiger partial charge in [-0.25, -0.2) is 9.59 Å². The Morgan fingerprint density at radius 3 is 2.21 bits per heavy atom. The lowest BCUT2D eigenvalue weighted by molar-refractivity contribution is -0.246. The molecular weight excluding hydrogens is 532 g/mol. The second-order valence-corrected chi connectivity index (χ2v) is 17.4. The molecule has 0 aliphatic heterocycles. The number of carbonyl (C=O) groups excluding carboxylic acids is 1. The van der Waals surface area contributed by atoms with Gasteiger partial charge in [0.1, 0.15) is 6.10 Å². The van der Waals surface area contributed by atoms with E-state index in [0.29, 0.717) is 45.1 Å². The minimum atomic E-state index is -1.01. The lowest BCUT2D eigenvalue weighted by Gasteiger charge is -2.73. The van der Waals surface area contributed by atoms with Gasteiger partial charge in [0.2, 0.25) is 0 Å². The molecule has 10 atom stereocenters. The van der Waals surface area contributed by atoms with Crippen LogP contribution in [0.3, 0.4) is 0 Å². The van der Waals surface area contributed by atoms with Gasteiger partial charge in [0.05, 0.1) is 11.1 Å². The topological polar surface area (TPSA) is 63.6 Å². The van der Waals surface area contributed by atoms with Gasteiger partial charge < -0.3 is 9.84 Å². The van der Waals surface area contributed by atoms with E-state index in [1.165, 1.54) is 56.9 Å². The molecule has 4 heteroatoms. The van der Waals surface area contributed by atoms with Crippen LogP contribution in [-0.4, -0.2) is 23.1 Å². The number of ether oxygens (including phenoxy) is 1. The lowest BCUT2D eigenvalue weighted by atomic mass is 9.32. The summed E-state index contributed by atoms with van der Waals surface area (Å²) in [6, 6.07) is 4.90. The summed E-state index contributed by atoms with van der Waals surface area (Å²) in [6.45, 7) is 23.8. The summed E-state index contributed by atoms with van der Waals surface area (Å²) in [7, 11) is 0. The Balaban J connectivity index is 1.27. The van der Waals surface area contributed by atoms with Gasteiger partial charge >= 0.3 is 11.9 Å². The second kappa shape index (κ2) is 9.95. The maximum atomic E-state index is 13.5. The monoisotopic (exact) mass is 588 g/mol. The molecule has 0 heterocycles. The Bertz CT molecular complexity index is 1340. The Hall–Kier alpha value is -2.10. The normalized spacial score (nSPS) is 44.7. The maximum Gasteiger partial charge on any atom is 0.338 e. The summed E-state index contributed by atoms with van der Waals surface area (Å²) >= 11 is 0. The van der Waals surface area contributed by atoms with E-state index in [9.17, 15) is 14.7 Å². The molecule has 43 heavy (non-hydrogen) atoms. The number of benzene rings is 1. The molecule has 0 radical (unpaired) electrons. The molecular formula is C39H56O4. The standard InChI is InChI=1S/C39H56O4/c1-23(2)25-15-18-36(6)21-22-38(8)28(32(25)36)13-14-30-37(7)19-17-31(35(4,5)29(37)16-20-39(30,38)9)43-34(42)27-12-10-11-26(24(27)3)33(40)41/h10-12,25,28-32H,1,13-22H2,2-9H3,(H,40,41)/t25-,28+,29-,30+,31?,32+,36+,37-,38+,39+/m0/s1. The van der Waals surface area contributed by atoms with Gasteiger partial charge in [0.25, 0.3) is 0 Å². The van der Waals surface area contributed by atoms with Crippen LogP contribution in [0, 0.1) is 63.6 Å². The van der Waals surface area contributed by atoms with Gasteiger partial charge in [-0.1, -0.05) is 59.8 Å². The zero-order chi connectivity index (χ0) is 31.3. The van der Waals surface area contributed by atoms with Crippen LogP contribution in [0.5, 0.6) is 0 Å². The van der Waals surface area contributed by atoms with E-state index in [0.717, 1.165) is 24.7 Å². The molecule has 236 valence electrons. The van der Waals surface area contributed by atoms with Crippen molar-refractivity contribution < 1.29 is 19.4 Å². The first-order chi connectivity index (χ1) is 20.0. The van der Waals surface area contributed by atoms with Crippen molar-refractivity contribution in [3.8, 4) is 0 Å². The fourth-order valence-electron chi connectivity index (χ4n) is 13.0. The van der Waals surface area contributed by atoms with Crippen molar-refractivity contribution in [2.75, 3.05) is 0 Å². The van der Waals surface area contributed by atoms with Crippen LogP contribution in [-0.2, 0) is 4.74 Å². The molecule has 0 bridgehead atoms. The van der Waals surface area contributed by atoms with Gasteiger partial charge in [-0.3, -0.25) is 0 Å². The van der Waals surface area contributed by atoms with Gasteiger partial charge in [0, 0.05) is 5.41 Å². The van der Waals surface area contributed by atoms with Crippen molar-refractivity contribution in [1.82, 2.24) is 0 Å². The molecule has 5 fully saturated rings. The van der Waals surface area contributed by atoms with Crippen LogP contribution in [0.15, 0.2) is 30.4 Å². The Labute approximate surface area is 260 Å². The average Bonchev–Trinajstić information content (AvgIpc) is 3.28. The number of fused-ring (bicyclic) bond motifs is 7. The van der Waals surface area contributed by atoms with Crippen molar-refractivity contribution in [3.63, 3.8) is 0 Å². The number of aromatic carboxylic acids is 1. The van der Waals surface area contributed by atoms with Crippen molar-refractivity contribution in [2.45, 2.75) is 126 Å². The third-order valence-corrected chi connectivity index (χ3v) is 15.5. The van der Waals surface area contributed by atoms with Crippen LogP contribution in [0.1, 0.15) is 139 Å². The molecule has 0 saturated heterocycles. The number of esters is 1. The lowest BCUT2D eigenvalue weighted by Crippen LogP contribution is -2.66. The molecule has 1 unspecified atom stereocenters. The predicted octanol–water partition coefficient (Wildman–Crippen LogP) is 9.90. The average molecular weight is 589 g/mol. The number of hydrogen-bond acceptors (Lipinski definition) is 3. The molecule has 5 saturated carbocycles. The van der Waals surface area contributed by atoms with Crippen molar-refractivity contribution in [2.24, 2.45) is 56.7 Å². The van der Waals surface area contributed by atoms with Crippen molar-refractivity contribution in [3.05, 3.63) is 47.0 Å². The van der Waals surface area contributed by atoms with E-state index in [-0.39, 0.29) is 28.5 Å². The summed E-state index contributed by atoms with van der Waals surface area (Å²) in [5, 5.41) is 9.58. The molecule has 5 aliphatic carbocycles. The van der Waals surface area contributed by atoms with E-state index in [1.807, 2.05) is 0 Å². The summed E-state index contributed by atoms with van der Waals surface area (Å²) in [5.74, 6) is 2.02. The fourth-order valence-corrected chi connectivity index (χ4v) is 13.0. The highest BCUT2D eigenvalue weighted by molar-refractivity contribution is 5.97. The summed E-state index contributed by atoms with van der Waals surface area (Å²) in [4.78, 5) is 25.2. The number of carbonyl (C=O) groups is 2. The van der Waals surface area contributed by atoms with E-state index in [2.05, 4.69) is 55.0 Å². The Morgan fingerprint density at radius 1 is 0.837 bits per heavy atom. The number of carboxylic acids is 1. The minimum Gasteiger partial charge on any atom is -0.478 e. The Morgan fingerprint density at radius 2 is 1.53 bits per heavy atom. The summed E-state index contributed by atoms with van der Waals surface area (Å²) in [6.07, 6.45) is 12.3. The van der Waals surface area contributed by atoms with Gasteiger partial charge in [-0.05, 0) is 147 Å². The zero-order valence-electron chi connectivity index (χ0n) is 28.1. The van der Waals surface area contributed by atoms with Gasteiger partial charge in [-0.15, -0.1) is 0 Å². The van der Waals surface area contributed by atoms with Crippen molar-refractivity contribution >= 4 is 11.9 Å². The second-order valence-electron chi connectivity index (χ2n) is 17.4. The third kappa shape index (κ3) is 4.19. The van der Waals surface area contributed by atoms with Crippen LogP contribution in [0.25, 0.3) is 0 Å². The zero-order valence-corrected chi connectivity index (χ0v) is 28.1. The quantitative estimate of drug-likeness (QED) is 0.281. The molecule has 4 nitrogen and oxygen atoms in total. The number of carboxylic acid groups (broad SMARTS) is 1. The maximum absolute atomic E-state index is 13.5. The van der Waals surface area contributed by atoms with E-state index >= 15 is 0 Å². The largest absolute Gasteiger partial charge is 0.478 e. The molecule has 0 spiro atoms. The molecule has 5 aliphatic rings. The van der Waals surface area contributed by atoms with E-state index in [1.54, 1.807) is 25.1 Å². The first kappa shape index (κ1) is 30.9. The smallest absolute Gasteiger partial charge is 0.338 e. The van der Waals surface area contributed by atoms with Crippen LogP contribution in [0.4, 0.5) is 0 Å². The molecule has 1 aromatic carbocycles. The first-order valence-electron chi connectivity index (χ1n) is 17.2. The van der Waals surface area contributed by atoms with E-state index < -0.39 is 5.97 Å². The summed E-state index contributed by atoms with van der Waals surface area (Å²) in [5.41, 5.74) is 3.65. The fraction of sp³-hybridized carbons (Fsp3) is 0.744. The number of hydrogen-bond donors (Lipinski definition) is 1. The van der Waals surface area contributed by atoms with E-state index in [4.69, 9.17) is 4.74 Å². The molecule has 0 aromatic heterocycles. The van der Waals surface area contributed by atoms with Gasteiger partial charge in [-0.2, -0.15) is 0 Å². The van der Waals surface area contributed by atoms with Crippen LogP contribution in [0.2, 0.25) is 0 Å². The van der Waals surface area contributed by atoms with Crippen LogP contribution < -0.4 is 0 Å². The highest BCUT2D eigenvalue weighted by Gasteiger charge is 2.70. The number of allylic oxidation sites excluding steroid dienone is 1. The molecule has 0 amide bonds. The predicted molar refractivity (Wildman–Crippen MR) is 172 cm³/mol. The van der Waals surface area contributed by atoms with Crippen LogP contribution >= 0.6 is 0 Å². The molecule has 1 aromatic rings. The molecule has 6 rings (SSSR count). The SMILES string of the molecule is C=C(C)[C@@H]1CC[C@]2(C)CC[C@]3(C)[C@H](CC[C@@H]4[C@@]5(C)CCC(OC(=O)c6cccc(C(=O)O)c6C)C(C)(C)[C@@H]5CC[C@]43C)[C@@H]12. The summed E-state index contributed by atoms with van der Waals surface area (Å²) < 4.78 is 6.32. The number of rotatable bonds is 4. The third-order valence-electron chi connectivity index (χ3n) is 15.5. The highest BCUT2D eigenvalue weighted by atomic mass is 16.5. The van der Waals surface area contributed by atoms with Crippen molar-refractivity contribution in [1.29, 1.82) is 0 Å². The Kier molecular flexibility index (Phi) is 7.15. The minimum absolute atomic E-state index is 0.151. The van der Waals surface area contributed by atoms with Gasteiger partial charge in [0.15, 0.2) is 0 Å². The highest BCUT2D eigenvalue weighted by Crippen LogP contribution is 2.77.